The van der Waals surface area contributed by atoms with Gasteiger partial charge in [0.25, 0.3) is 0 Å². The molecule has 0 aromatic heterocycles. The van der Waals surface area contributed by atoms with Crippen molar-refractivity contribution < 1.29 is 27.9 Å². The van der Waals surface area contributed by atoms with E-state index < -0.39 is 27.9 Å². The third-order valence-electron chi connectivity index (χ3n) is 2.15. The van der Waals surface area contributed by atoms with E-state index in [9.17, 15) is 18.0 Å². The molecule has 19 heavy (non-hydrogen) atoms. The molecule has 0 aliphatic rings. The van der Waals surface area contributed by atoms with Crippen LogP contribution in [0.1, 0.15) is 20.3 Å². The van der Waals surface area contributed by atoms with Crippen molar-refractivity contribution in [3.63, 3.8) is 0 Å². The summed E-state index contributed by atoms with van der Waals surface area (Å²) in [6.45, 7) is 6.40. The topological polar surface area (TPSA) is 110 Å². The van der Waals surface area contributed by atoms with Crippen LogP contribution in [-0.4, -0.2) is 44.0 Å². The quantitative estimate of drug-likeness (QED) is 0.684. The number of sulfone groups is 1. The largest absolute Gasteiger partial charge is 0.480 e. The maximum atomic E-state index is 11.3. The minimum Gasteiger partial charge on any atom is -0.480 e. The summed E-state index contributed by atoms with van der Waals surface area (Å²) in [6, 6.07) is -1.05. The van der Waals surface area contributed by atoms with Crippen LogP contribution in [0.15, 0.2) is 12.0 Å². The van der Waals surface area contributed by atoms with Gasteiger partial charge in [-0.15, -0.1) is 0 Å². The van der Waals surface area contributed by atoms with E-state index in [1.54, 1.807) is 0 Å². The number of alkyl carbamates (subject to hydrolysis) is 1. The van der Waals surface area contributed by atoms with Crippen molar-refractivity contribution in [2.24, 2.45) is 5.92 Å². The van der Waals surface area contributed by atoms with Gasteiger partial charge in [-0.05, 0) is 12.3 Å². The van der Waals surface area contributed by atoms with Crippen molar-refractivity contribution in [1.29, 1.82) is 0 Å². The Hall–Kier alpha value is -1.57. The molecular formula is C11H19NO6S. The van der Waals surface area contributed by atoms with Gasteiger partial charge in [-0.25, -0.2) is 18.0 Å². The third kappa shape index (κ3) is 8.20. The van der Waals surface area contributed by atoms with Crippen LogP contribution in [0.2, 0.25) is 0 Å². The molecule has 0 rings (SSSR count). The molecule has 0 aromatic carbocycles. The molecule has 1 atom stereocenters. The second kappa shape index (κ2) is 7.78. The first-order chi connectivity index (χ1) is 8.68. The Balaban J connectivity index is 4.21. The van der Waals surface area contributed by atoms with Gasteiger partial charge in [-0.3, -0.25) is 0 Å². The van der Waals surface area contributed by atoms with Crippen LogP contribution >= 0.6 is 0 Å². The summed E-state index contributed by atoms with van der Waals surface area (Å²) in [5.74, 6) is -1.46. The summed E-state index contributed by atoms with van der Waals surface area (Å²) in [5, 5.41) is 11.8. The van der Waals surface area contributed by atoms with Gasteiger partial charge < -0.3 is 15.2 Å². The zero-order valence-corrected chi connectivity index (χ0v) is 11.8. The lowest BCUT2D eigenvalue weighted by atomic mass is 10.0. The van der Waals surface area contributed by atoms with Crippen LogP contribution in [0.3, 0.4) is 0 Å². The number of ether oxygens (including phenoxy) is 1. The Morgan fingerprint density at radius 3 is 2.42 bits per heavy atom. The molecule has 0 fully saturated rings. The van der Waals surface area contributed by atoms with Crippen LogP contribution in [0.4, 0.5) is 4.79 Å². The number of hydrogen-bond donors (Lipinski definition) is 2. The van der Waals surface area contributed by atoms with Crippen molar-refractivity contribution in [2.45, 2.75) is 26.3 Å². The predicted octanol–water partition coefficient (Wildman–Crippen LogP) is 0.770. The number of carbonyl (C=O) groups is 2. The van der Waals surface area contributed by atoms with Crippen LogP contribution < -0.4 is 5.32 Å². The second-order valence-electron chi connectivity index (χ2n) is 4.33. The van der Waals surface area contributed by atoms with Gasteiger partial charge in [0.2, 0.25) is 0 Å². The first-order valence-electron chi connectivity index (χ1n) is 5.69. The highest BCUT2D eigenvalue weighted by atomic mass is 32.2. The van der Waals surface area contributed by atoms with Crippen molar-refractivity contribution >= 4 is 21.9 Å². The fourth-order valence-corrected chi connectivity index (χ4v) is 1.69. The number of carboxylic acid groups (broad SMARTS) is 1. The van der Waals surface area contributed by atoms with Gasteiger partial charge in [0.15, 0.2) is 9.84 Å². The SMILES string of the molecule is C=CS(=O)(=O)CCOC(=O)N[C@@H](CC(C)C)C(=O)O. The summed E-state index contributed by atoms with van der Waals surface area (Å²) in [6.07, 6.45) is -0.692. The van der Waals surface area contributed by atoms with E-state index in [1.165, 1.54) is 0 Å². The Morgan fingerprint density at radius 1 is 1.42 bits per heavy atom. The van der Waals surface area contributed by atoms with Crippen LogP contribution in [0, 0.1) is 5.92 Å². The van der Waals surface area contributed by atoms with Gasteiger partial charge in [0, 0.05) is 5.41 Å². The Bertz CT molecular complexity index is 428. The molecule has 0 unspecified atom stereocenters. The van der Waals surface area contributed by atoms with Gasteiger partial charge in [-0.2, -0.15) is 0 Å². The van der Waals surface area contributed by atoms with E-state index in [2.05, 4.69) is 16.6 Å². The summed E-state index contributed by atoms with van der Waals surface area (Å²) >= 11 is 0. The lowest BCUT2D eigenvalue weighted by Crippen LogP contribution is -2.42. The van der Waals surface area contributed by atoms with E-state index in [0.29, 0.717) is 0 Å². The highest BCUT2D eigenvalue weighted by Gasteiger charge is 2.21. The van der Waals surface area contributed by atoms with Gasteiger partial charge >= 0.3 is 12.1 Å². The van der Waals surface area contributed by atoms with Gasteiger partial charge in [-0.1, -0.05) is 20.4 Å². The second-order valence-corrected chi connectivity index (χ2v) is 6.40. The summed E-state index contributed by atoms with van der Waals surface area (Å²) in [4.78, 5) is 22.2. The number of nitrogens with one attached hydrogen (secondary N) is 1. The van der Waals surface area contributed by atoms with Gasteiger partial charge in [0.05, 0.1) is 5.75 Å². The van der Waals surface area contributed by atoms with Crippen molar-refractivity contribution in [3.05, 3.63) is 12.0 Å². The summed E-state index contributed by atoms with van der Waals surface area (Å²) in [7, 11) is -3.44. The molecule has 7 nitrogen and oxygen atoms in total. The Morgan fingerprint density at radius 2 is 2.00 bits per heavy atom. The molecule has 0 bridgehead atoms. The van der Waals surface area contributed by atoms with E-state index in [0.717, 1.165) is 5.41 Å². The molecular weight excluding hydrogens is 274 g/mol. The minimum absolute atomic E-state index is 0.0857. The summed E-state index contributed by atoms with van der Waals surface area (Å²) in [5.41, 5.74) is 0. The molecule has 0 heterocycles. The van der Waals surface area contributed by atoms with E-state index in [4.69, 9.17) is 5.11 Å². The van der Waals surface area contributed by atoms with Crippen molar-refractivity contribution in [3.8, 4) is 0 Å². The molecule has 0 aliphatic heterocycles. The van der Waals surface area contributed by atoms with E-state index in [-0.39, 0.29) is 24.7 Å². The number of amides is 1. The first kappa shape index (κ1) is 17.4. The highest BCUT2D eigenvalue weighted by molar-refractivity contribution is 7.94. The predicted molar refractivity (Wildman–Crippen MR) is 69.3 cm³/mol. The zero-order chi connectivity index (χ0) is 15.1. The average Bonchev–Trinajstić information content (AvgIpc) is 2.27. The molecule has 110 valence electrons. The molecule has 0 saturated heterocycles. The normalized spacial score (nSPS) is 12.8. The molecule has 1 amide bonds. The lowest BCUT2D eigenvalue weighted by molar-refractivity contribution is -0.139. The molecule has 0 radical (unpaired) electrons. The fraction of sp³-hybridized carbons (Fsp3) is 0.636. The zero-order valence-electron chi connectivity index (χ0n) is 11.0. The summed E-state index contributed by atoms with van der Waals surface area (Å²) < 4.78 is 26.7. The van der Waals surface area contributed by atoms with E-state index in [1.807, 2.05) is 13.8 Å². The van der Waals surface area contributed by atoms with Crippen LogP contribution in [0.5, 0.6) is 0 Å². The monoisotopic (exact) mass is 293 g/mol. The Kier molecular flexibility index (Phi) is 7.13. The van der Waals surface area contributed by atoms with Crippen LogP contribution in [-0.2, 0) is 19.4 Å². The molecule has 0 aromatic rings. The average molecular weight is 293 g/mol. The standard InChI is InChI=1S/C11H19NO6S/c1-4-19(16,17)6-5-18-11(15)12-9(10(13)14)7-8(2)3/h4,8-9H,1,5-7H2,2-3H3,(H,12,15)(H,13,14)/t9-/m0/s1. The van der Waals surface area contributed by atoms with Crippen molar-refractivity contribution in [1.82, 2.24) is 5.32 Å². The third-order valence-corrected chi connectivity index (χ3v) is 3.40. The molecule has 2 N–H and O–H groups in total. The molecule has 0 saturated carbocycles. The van der Waals surface area contributed by atoms with E-state index >= 15 is 0 Å². The maximum absolute atomic E-state index is 11.3. The minimum atomic E-state index is -3.44. The van der Waals surface area contributed by atoms with Crippen LogP contribution in [0.25, 0.3) is 0 Å². The number of hydrogen-bond acceptors (Lipinski definition) is 5. The molecule has 8 heteroatoms. The molecule has 0 spiro atoms. The number of aliphatic carboxylic acids is 1. The van der Waals surface area contributed by atoms with Gasteiger partial charge in [0.1, 0.15) is 12.6 Å². The highest BCUT2D eigenvalue weighted by Crippen LogP contribution is 2.05. The number of carbonyl (C=O) groups excluding carboxylic acids is 1. The molecule has 0 aliphatic carbocycles. The lowest BCUT2D eigenvalue weighted by Gasteiger charge is -2.16. The van der Waals surface area contributed by atoms with Crippen molar-refractivity contribution in [2.75, 3.05) is 12.4 Å². The first-order valence-corrected chi connectivity index (χ1v) is 7.40. The Labute approximate surface area is 112 Å². The number of carboxylic acids is 1. The smallest absolute Gasteiger partial charge is 0.407 e. The maximum Gasteiger partial charge on any atom is 0.407 e. The number of rotatable bonds is 8. The fourth-order valence-electron chi connectivity index (χ4n) is 1.21.